The monoisotopic (exact) mass is 676 g/mol. The number of carbonyl (C=O) groups is 7. The molecule has 0 saturated heterocycles. The zero-order valence-electron chi connectivity index (χ0n) is 26.7. The number of aliphatic carboxylic acids is 2. The highest BCUT2D eigenvalue weighted by atomic mass is 16.6. The maximum absolute atomic E-state index is 13.0. The van der Waals surface area contributed by atoms with Crippen molar-refractivity contribution in [2.75, 3.05) is 20.4 Å². The lowest BCUT2D eigenvalue weighted by Gasteiger charge is -2.29. The summed E-state index contributed by atoms with van der Waals surface area (Å²) in [6.45, 7) is 2.83. The summed E-state index contributed by atoms with van der Waals surface area (Å²) in [6, 6.07) is 4.20. The molecule has 6 N–H and O–H groups in total. The standard InChI is InChI=1S/C31H40N4O13/c1-4-6-7-8-19(22(5-2)35(45)17-36)28(40)32-16-33-30(42)24-12-11-23(48-24)18-9-10-20(25(13-18)47-15-27(39)46-3)29(41)34-21(31(43)44)14-26(37)38/h9-13,17,19,21-22,45H,4-8,14-16H2,1-3H3,(H,32,40)(H,33,42)(H,34,41)(H,37,38)(H,43,44)/t19?,21?,22-/m1/s1. The summed E-state index contributed by atoms with van der Waals surface area (Å²) in [5, 5.41) is 35.9. The number of nitrogens with one attached hydrogen (secondary N) is 3. The van der Waals surface area contributed by atoms with Crippen LogP contribution in [0.4, 0.5) is 0 Å². The third-order valence-electron chi connectivity index (χ3n) is 7.19. The van der Waals surface area contributed by atoms with Gasteiger partial charge in [-0.15, -0.1) is 0 Å². The largest absolute Gasteiger partial charge is 0.481 e. The lowest BCUT2D eigenvalue weighted by molar-refractivity contribution is -0.168. The second kappa shape index (κ2) is 19.3. The number of furan rings is 1. The van der Waals surface area contributed by atoms with Gasteiger partial charge in [-0.2, -0.15) is 0 Å². The average Bonchev–Trinajstić information content (AvgIpc) is 3.56. The van der Waals surface area contributed by atoms with Crippen LogP contribution in [0.25, 0.3) is 11.3 Å². The number of carboxylic acid groups (broad SMARTS) is 2. The van der Waals surface area contributed by atoms with Crippen LogP contribution in [0.1, 0.15) is 73.3 Å². The molecular formula is C31H40N4O13. The number of hydrogen-bond acceptors (Lipinski definition) is 11. The summed E-state index contributed by atoms with van der Waals surface area (Å²) < 4.78 is 15.6. The molecule has 262 valence electrons. The lowest BCUT2D eigenvalue weighted by atomic mass is 9.90. The highest BCUT2D eigenvalue weighted by Gasteiger charge is 2.31. The molecule has 2 unspecified atom stereocenters. The maximum atomic E-state index is 13.0. The fourth-order valence-electron chi connectivity index (χ4n) is 4.68. The molecule has 1 heterocycles. The number of amides is 4. The van der Waals surface area contributed by atoms with Crippen molar-refractivity contribution in [3.63, 3.8) is 0 Å². The minimum absolute atomic E-state index is 0.132. The Labute approximate surface area is 275 Å². The van der Waals surface area contributed by atoms with Crippen molar-refractivity contribution in [3.8, 4) is 17.1 Å². The van der Waals surface area contributed by atoms with Crippen LogP contribution in [0.2, 0.25) is 0 Å². The molecule has 0 saturated carbocycles. The Hall–Kier alpha value is -5.45. The Kier molecular flexibility index (Phi) is 15.5. The van der Waals surface area contributed by atoms with Gasteiger partial charge in [0, 0.05) is 5.56 Å². The number of methoxy groups -OCH3 is 1. The first-order chi connectivity index (χ1) is 22.9. The molecule has 0 bridgehead atoms. The normalized spacial score (nSPS) is 12.5. The van der Waals surface area contributed by atoms with E-state index in [-0.39, 0.29) is 41.5 Å². The molecule has 48 heavy (non-hydrogen) atoms. The Balaban J connectivity index is 2.19. The Morgan fingerprint density at radius 3 is 2.33 bits per heavy atom. The zero-order chi connectivity index (χ0) is 35.8. The number of nitrogens with zero attached hydrogens (tertiary/aromatic N) is 1. The Bertz CT molecular complexity index is 1460. The molecule has 1 aromatic heterocycles. The number of carbonyl (C=O) groups excluding carboxylic acids is 5. The quantitative estimate of drug-likeness (QED) is 0.0276. The average molecular weight is 677 g/mol. The molecule has 0 fully saturated rings. The van der Waals surface area contributed by atoms with Gasteiger partial charge in [0.05, 0.1) is 37.7 Å². The van der Waals surface area contributed by atoms with E-state index in [4.69, 9.17) is 14.3 Å². The molecule has 4 amide bonds. The summed E-state index contributed by atoms with van der Waals surface area (Å²) in [5.74, 6) is -6.89. The molecule has 0 spiro atoms. The van der Waals surface area contributed by atoms with Crippen LogP contribution in [0.15, 0.2) is 34.7 Å². The SMILES string of the molecule is CCCCCC(C(=O)NCNC(=O)c1ccc(-c2ccc(C(=O)NC(CC(=O)O)C(=O)O)c(OCC(=O)OC)c2)o1)[C@@H](CC)N(O)C=O. The van der Waals surface area contributed by atoms with E-state index in [1.54, 1.807) is 6.92 Å². The molecule has 0 aliphatic heterocycles. The number of rotatable bonds is 21. The molecule has 0 radical (unpaired) electrons. The Morgan fingerprint density at radius 2 is 1.73 bits per heavy atom. The van der Waals surface area contributed by atoms with E-state index in [2.05, 4.69) is 20.7 Å². The molecule has 17 heteroatoms. The van der Waals surface area contributed by atoms with E-state index >= 15 is 0 Å². The van der Waals surface area contributed by atoms with Gasteiger partial charge >= 0.3 is 17.9 Å². The van der Waals surface area contributed by atoms with Crippen LogP contribution < -0.4 is 20.7 Å². The van der Waals surface area contributed by atoms with Gasteiger partial charge in [-0.1, -0.05) is 39.2 Å². The number of hydrogen-bond donors (Lipinski definition) is 6. The number of carboxylic acids is 2. The minimum Gasteiger partial charge on any atom is -0.481 e. The van der Waals surface area contributed by atoms with E-state index in [1.165, 1.54) is 30.3 Å². The molecule has 3 atom stereocenters. The second-order valence-electron chi connectivity index (χ2n) is 10.5. The predicted octanol–water partition coefficient (Wildman–Crippen LogP) is 1.78. The van der Waals surface area contributed by atoms with Crippen LogP contribution in [0, 0.1) is 5.92 Å². The number of hydroxylamine groups is 2. The molecule has 0 aliphatic carbocycles. The first-order valence-electron chi connectivity index (χ1n) is 15.0. The van der Waals surface area contributed by atoms with Gasteiger partial charge in [-0.25, -0.2) is 14.7 Å². The van der Waals surface area contributed by atoms with Gasteiger partial charge < -0.3 is 40.1 Å². The van der Waals surface area contributed by atoms with E-state index in [0.29, 0.717) is 24.3 Å². The van der Waals surface area contributed by atoms with Gasteiger partial charge in [0.1, 0.15) is 17.6 Å². The van der Waals surface area contributed by atoms with Gasteiger partial charge in [-0.3, -0.25) is 29.2 Å². The fourth-order valence-corrected chi connectivity index (χ4v) is 4.68. The Morgan fingerprint density at radius 1 is 1.00 bits per heavy atom. The highest BCUT2D eigenvalue weighted by molar-refractivity contribution is 6.00. The number of benzene rings is 1. The van der Waals surface area contributed by atoms with E-state index in [0.717, 1.165) is 20.0 Å². The molecule has 1 aromatic carbocycles. The van der Waals surface area contributed by atoms with Gasteiger partial charge in [0.2, 0.25) is 12.3 Å². The van der Waals surface area contributed by atoms with Crippen LogP contribution in [0.5, 0.6) is 5.75 Å². The molecule has 0 aliphatic rings. The van der Waals surface area contributed by atoms with Crippen molar-refractivity contribution in [2.24, 2.45) is 5.92 Å². The second-order valence-corrected chi connectivity index (χ2v) is 10.5. The summed E-state index contributed by atoms with van der Waals surface area (Å²) in [6.07, 6.45) is 2.58. The van der Waals surface area contributed by atoms with Gasteiger partial charge in [0.25, 0.3) is 11.8 Å². The van der Waals surface area contributed by atoms with Crippen molar-refractivity contribution in [3.05, 3.63) is 41.7 Å². The van der Waals surface area contributed by atoms with Crippen LogP contribution in [-0.2, 0) is 28.7 Å². The molecule has 17 nitrogen and oxygen atoms in total. The molecule has 2 aromatic rings. The van der Waals surface area contributed by atoms with Crippen LogP contribution >= 0.6 is 0 Å². The van der Waals surface area contributed by atoms with Crippen LogP contribution in [0.3, 0.4) is 0 Å². The summed E-state index contributed by atoms with van der Waals surface area (Å²) in [4.78, 5) is 83.9. The third kappa shape index (κ3) is 11.4. The van der Waals surface area contributed by atoms with Gasteiger partial charge in [0.15, 0.2) is 12.4 Å². The van der Waals surface area contributed by atoms with Crippen molar-refractivity contribution < 1.29 is 62.9 Å². The lowest BCUT2D eigenvalue weighted by Crippen LogP contribution is -2.47. The predicted molar refractivity (Wildman–Crippen MR) is 165 cm³/mol. The van der Waals surface area contributed by atoms with Gasteiger partial charge in [-0.05, 0) is 37.1 Å². The van der Waals surface area contributed by atoms with Crippen molar-refractivity contribution in [1.82, 2.24) is 21.0 Å². The van der Waals surface area contributed by atoms with Crippen molar-refractivity contribution in [2.45, 2.75) is 64.5 Å². The topological polar surface area (TPSA) is 251 Å². The summed E-state index contributed by atoms with van der Waals surface area (Å²) >= 11 is 0. The molecule has 2 rings (SSSR count). The fraction of sp³-hybridized carbons (Fsp3) is 0.452. The first-order valence-corrected chi connectivity index (χ1v) is 15.0. The van der Waals surface area contributed by atoms with Crippen molar-refractivity contribution >= 4 is 42.0 Å². The van der Waals surface area contributed by atoms with E-state index in [9.17, 15) is 43.9 Å². The smallest absolute Gasteiger partial charge is 0.343 e. The number of ether oxygens (including phenoxy) is 2. The van der Waals surface area contributed by atoms with Crippen molar-refractivity contribution in [1.29, 1.82) is 0 Å². The summed E-state index contributed by atoms with van der Waals surface area (Å²) in [5.41, 5.74) is 0.0543. The highest BCUT2D eigenvalue weighted by Crippen LogP contribution is 2.29. The maximum Gasteiger partial charge on any atom is 0.343 e. The van der Waals surface area contributed by atoms with Crippen LogP contribution in [-0.4, -0.2) is 95.0 Å². The van der Waals surface area contributed by atoms with E-state index in [1.807, 2.05) is 6.92 Å². The zero-order valence-corrected chi connectivity index (χ0v) is 26.7. The minimum atomic E-state index is -1.75. The number of esters is 1. The summed E-state index contributed by atoms with van der Waals surface area (Å²) in [7, 11) is 1.12. The first kappa shape index (κ1) is 38.7. The van der Waals surface area contributed by atoms with E-state index < -0.39 is 66.7 Å². The third-order valence-corrected chi connectivity index (χ3v) is 7.19. The molecular weight excluding hydrogens is 636 g/mol. The number of unbranched alkanes of at least 4 members (excludes halogenated alkanes) is 2.